The molecule has 0 atom stereocenters. The Kier molecular flexibility index (Phi) is 3.52. The van der Waals surface area contributed by atoms with Crippen LogP contribution >= 0.6 is 0 Å². The summed E-state index contributed by atoms with van der Waals surface area (Å²) >= 11 is 0. The molecule has 0 spiro atoms. The van der Waals surface area contributed by atoms with Gasteiger partial charge in [-0.3, -0.25) is 0 Å². The molecular weight excluding hydrogens is 279 g/mol. The molecule has 2 aromatic rings. The molecular formula is C13H9F5N2. The first-order valence-corrected chi connectivity index (χ1v) is 5.46. The summed E-state index contributed by atoms with van der Waals surface area (Å²) in [6, 6.07) is 5.21. The monoisotopic (exact) mass is 288 g/mol. The lowest BCUT2D eigenvalue weighted by Gasteiger charge is -2.13. The number of anilines is 3. The van der Waals surface area contributed by atoms with Gasteiger partial charge in [-0.1, -0.05) is 0 Å². The van der Waals surface area contributed by atoms with Crippen molar-refractivity contribution < 1.29 is 22.0 Å². The third-order valence-corrected chi connectivity index (χ3v) is 2.58. The molecule has 0 saturated carbocycles. The summed E-state index contributed by atoms with van der Waals surface area (Å²) in [5.74, 6) is -1.47. The first-order valence-electron chi connectivity index (χ1n) is 5.46. The minimum atomic E-state index is -4.58. The van der Waals surface area contributed by atoms with E-state index in [1.165, 1.54) is 6.07 Å². The van der Waals surface area contributed by atoms with Crippen molar-refractivity contribution in [3.05, 3.63) is 53.6 Å². The number of hydrogen-bond donors (Lipinski definition) is 2. The highest BCUT2D eigenvalue weighted by Crippen LogP contribution is 2.33. The van der Waals surface area contributed by atoms with Crippen LogP contribution in [0.4, 0.5) is 39.0 Å². The van der Waals surface area contributed by atoms with E-state index in [9.17, 15) is 22.0 Å². The zero-order valence-electron chi connectivity index (χ0n) is 9.93. The topological polar surface area (TPSA) is 38.0 Å². The van der Waals surface area contributed by atoms with E-state index in [2.05, 4.69) is 5.32 Å². The Morgan fingerprint density at radius 2 is 1.60 bits per heavy atom. The number of benzene rings is 2. The van der Waals surface area contributed by atoms with Gasteiger partial charge in [0, 0.05) is 0 Å². The highest BCUT2D eigenvalue weighted by Gasteiger charge is 2.31. The van der Waals surface area contributed by atoms with Crippen LogP contribution in [0.5, 0.6) is 0 Å². The van der Waals surface area contributed by atoms with Crippen molar-refractivity contribution in [2.75, 3.05) is 11.1 Å². The average Bonchev–Trinajstić information content (AvgIpc) is 2.33. The maximum absolute atomic E-state index is 13.5. The maximum atomic E-state index is 13.5. The lowest BCUT2D eigenvalue weighted by atomic mass is 10.1. The summed E-state index contributed by atoms with van der Waals surface area (Å²) in [7, 11) is 0. The van der Waals surface area contributed by atoms with Crippen molar-refractivity contribution in [2.24, 2.45) is 0 Å². The molecule has 0 fully saturated rings. The van der Waals surface area contributed by atoms with E-state index in [4.69, 9.17) is 5.73 Å². The quantitative estimate of drug-likeness (QED) is 0.638. The molecule has 0 amide bonds. The van der Waals surface area contributed by atoms with E-state index in [0.29, 0.717) is 18.2 Å². The van der Waals surface area contributed by atoms with Gasteiger partial charge in [0.05, 0.1) is 22.6 Å². The highest BCUT2D eigenvalue weighted by atomic mass is 19.4. The predicted molar refractivity (Wildman–Crippen MR) is 65.5 cm³/mol. The molecule has 0 aromatic heterocycles. The molecule has 2 nitrogen and oxygen atoms in total. The second-order valence-electron chi connectivity index (χ2n) is 4.05. The average molecular weight is 288 g/mol. The molecule has 0 saturated heterocycles. The van der Waals surface area contributed by atoms with E-state index < -0.39 is 29.1 Å². The fourth-order valence-corrected chi connectivity index (χ4v) is 1.59. The Labute approximate surface area is 111 Å². The van der Waals surface area contributed by atoms with Crippen LogP contribution in [0.1, 0.15) is 5.56 Å². The molecule has 0 bridgehead atoms. The molecule has 2 aromatic carbocycles. The number of nitrogen functional groups attached to an aromatic ring is 1. The molecule has 3 N–H and O–H groups in total. The van der Waals surface area contributed by atoms with Crippen LogP contribution < -0.4 is 11.1 Å². The number of halogens is 5. The minimum Gasteiger partial charge on any atom is -0.397 e. The Morgan fingerprint density at radius 3 is 2.20 bits per heavy atom. The van der Waals surface area contributed by atoms with Crippen LogP contribution in [-0.4, -0.2) is 0 Å². The van der Waals surface area contributed by atoms with Crippen LogP contribution in [0.15, 0.2) is 36.4 Å². The van der Waals surface area contributed by atoms with Gasteiger partial charge in [0.2, 0.25) is 0 Å². The standard InChI is InChI=1S/C13H9F5N2/c14-8-2-4-11(10(19)6-8)20-12-5-7(13(16,17)18)1-3-9(12)15/h1-6,20H,19H2. The molecule has 20 heavy (non-hydrogen) atoms. The Bertz CT molecular complexity index is 637. The molecule has 2 rings (SSSR count). The summed E-state index contributed by atoms with van der Waals surface area (Å²) in [6.07, 6.45) is -4.58. The van der Waals surface area contributed by atoms with Crippen molar-refractivity contribution in [1.29, 1.82) is 0 Å². The van der Waals surface area contributed by atoms with Crippen molar-refractivity contribution >= 4 is 17.1 Å². The van der Waals surface area contributed by atoms with Crippen LogP contribution in [0, 0.1) is 11.6 Å². The SMILES string of the molecule is Nc1cc(F)ccc1Nc1cc(C(F)(F)F)ccc1F. The minimum absolute atomic E-state index is 0.0400. The van der Waals surface area contributed by atoms with Gasteiger partial charge in [-0.15, -0.1) is 0 Å². The summed E-state index contributed by atoms with van der Waals surface area (Å²) in [5.41, 5.74) is 4.18. The zero-order chi connectivity index (χ0) is 14.9. The maximum Gasteiger partial charge on any atom is 0.416 e. The van der Waals surface area contributed by atoms with Crippen molar-refractivity contribution in [3.8, 4) is 0 Å². The largest absolute Gasteiger partial charge is 0.416 e. The molecule has 0 radical (unpaired) electrons. The van der Waals surface area contributed by atoms with E-state index in [-0.39, 0.29) is 11.4 Å². The first kappa shape index (κ1) is 14.1. The summed E-state index contributed by atoms with van der Waals surface area (Å²) in [4.78, 5) is 0. The lowest BCUT2D eigenvalue weighted by molar-refractivity contribution is -0.137. The Balaban J connectivity index is 2.38. The summed E-state index contributed by atoms with van der Waals surface area (Å²) < 4.78 is 64.0. The summed E-state index contributed by atoms with van der Waals surface area (Å²) in [5, 5.41) is 2.41. The molecule has 106 valence electrons. The van der Waals surface area contributed by atoms with Gasteiger partial charge in [0.25, 0.3) is 0 Å². The van der Waals surface area contributed by atoms with Gasteiger partial charge >= 0.3 is 6.18 Å². The molecule has 0 aliphatic rings. The predicted octanol–water partition coefficient (Wildman–Crippen LogP) is 4.31. The van der Waals surface area contributed by atoms with E-state index in [1.54, 1.807) is 0 Å². The Hall–Kier alpha value is -2.31. The third kappa shape index (κ3) is 2.98. The Morgan fingerprint density at radius 1 is 0.900 bits per heavy atom. The van der Waals surface area contributed by atoms with Crippen LogP contribution in [0.25, 0.3) is 0 Å². The molecule has 7 heteroatoms. The number of nitrogens with two attached hydrogens (primary N) is 1. The first-order chi connectivity index (χ1) is 9.27. The molecule has 0 heterocycles. The van der Waals surface area contributed by atoms with Gasteiger partial charge < -0.3 is 11.1 Å². The number of nitrogens with one attached hydrogen (secondary N) is 1. The van der Waals surface area contributed by atoms with Crippen LogP contribution in [0.3, 0.4) is 0 Å². The van der Waals surface area contributed by atoms with Crippen molar-refractivity contribution in [1.82, 2.24) is 0 Å². The van der Waals surface area contributed by atoms with Crippen LogP contribution in [0.2, 0.25) is 0 Å². The van der Waals surface area contributed by atoms with Crippen molar-refractivity contribution in [3.63, 3.8) is 0 Å². The summed E-state index contributed by atoms with van der Waals surface area (Å²) in [6.45, 7) is 0. The van der Waals surface area contributed by atoms with E-state index >= 15 is 0 Å². The second-order valence-corrected chi connectivity index (χ2v) is 4.05. The normalized spacial score (nSPS) is 11.4. The number of alkyl halides is 3. The van der Waals surface area contributed by atoms with Gasteiger partial charge in [0.15, 0.2) is 0 Å². The fraction of sp³-hybridized carbons (Fsp3) is 0.0769. The van der Waals surface area contributed by atoms with Crippen LogP contribution in [-0.2, 0) is 6.18 Å². The van der Waals surface area contributed by atoms with Gasteiger partial charge in [-0.2, -0.15) is 13.2 Å². The van der Waals surface area contributed by atoms with Gasteiger partial charge in [0.1, 0.15) is 11.6 Å². The van der Waals surface area contributed by atoms with E-state index in [1.807, 2.05) is 0 Å². The number of hydrogen-bond acceptors (Lipinski definition) is 2. The van der Waals surface area contributed by atoms with Crippen molar-refractivity contribution in [2.45, 2.75) is 6.18 Å². The van der Waals surface area contributed by atoms with E-state index in [0.717, 1.165) is 12.1 Å². The third-order valence-electron chi connectivity index (χ3n) is 2.58. The highest BCUT2D eigenvalue weighted by molar-refractivity contribution is 5.73. The zero-order valence-corrected chi connectivity index (χ0v) is 9.93. The molecule has 0 aliphatic carbocycles. The van der Waals surface area contributed by atoms with Gasteiger partial charge in [-0.05, 0) is 36.4 Å². The smallest absolute Gasteiger partial charge is 0.397 e. The number of rotatable bonds is 2. The fourth-order valence-electron chi connectivity index (χ4n) is 1.59. The molecule has 0 aliphatic heterocycles. The second kappa shape index (κ2) is 4.99. The lowest BCUT2D eigenvalue weighted by Crippen LogP contribution is -2.06. The van der Waals surface area contributed by atoms with Gasteiger partial charge in [-0.25, -0.2) is 8.78 Å². The molecule has 0 unspecified atom stereocenters.